The normalized spacial score (nSPS) is 15.1. The Balaban J connectivity index is 2.42. The third kappa shape index (κ3) is 2.64. The number of hydrogen-bond acceptors (Lipinski definition) is 4. The molecule has 0 saturated carbocycles. The van der Waals surface area contributed by atoms with E-state index in [0.717, 1.165) is 36.1 Å². The predicted molar refractivity (Wildman–Crippen MR) is 72.0 cm³/mol. The quantitative estimate of drug-likeness (QED) is 0.863. The topological polar surface area (TPSA) is 70.0 Å². The maximum absolute atomic E-state index is 11.5. The summed E-state index contributed by atoms with van der Waals surface area (Å²) in [5, 5.41) is 9.61. The molecule has 17 heavy (non-hydrogen) atoms. The average molecular weight is 335 g/mol. The first-order chi connectivity index (χ1) is 8.07. The summed E-state index contributed by atoms with van der Waals surface area (Å²) in [7, 11) is -3.38. The van der Waals surface area contributed by atoms with Crippen molar-refractivity contribution in [1.82, 2.24) is 0 Å². The first kappa shape index (κ1) is 12.9. The lowest BCUT2D eigenvalue weighted by molar-refractivity contribution is 0.606. The van der Waals surface area contributed by atoms with Gasteiger partial charge in [-0.3, -0.25) is 4.72 Å². The summed E-state index contributed by atoms with van der Waals surface area (Å²) in [6.45, 7) is 0. The van der Waals surface area contributed by atoms with Gasteiger partial charge in [0.05, 0.1) is 5.56 Å². The molecule has 0 amide bonds. The minimum absolute atomic E-state index is 0.159. The number of aryl methyl sites for hydroxylation is 1. The van der Waals surface area contributed by atoms with Crippen molar-refractivity contribution in [2.75, 3.05) is 9.38 Å². The van der Waals surface area contributed by atoms with Crippen LogP contribution < -0.4 is 4.72 Å². The van der Waals surface area contributed by atoms with Crippen molar-refractivity contribution in [3.05, 3.63) is 16.0 Å². The van der Waals surface area contributed by atoms with E-state index in [2.05, 4.69) is 26.7 Å². The number of anilines is 1. The molecule has 0 aliphatic heterocycles. The molecule has 7 heteroatoms. The molecule has 0 spiro atoms. The third-order valence-corrected chi connectivity index (χ3v) is 6.62. The Morgan fingerprint density at radius 2 is 2.12 bits per heavy atom. The van der Waals surface area contributed by atoms with Crippen molar-refractivity contribution in [2.24, 2.45) is 0 Å². The Morgan fingerprint density at radius 3 is 2.76 bits per heavy atom. The molecule has 1 aromatic rings. The Kier molecular flexibility index (Phi) is 3.76. The zero-order chi connectivity index (χ0) is 12.5. The Hall–Kier alpha value is -0.580. The number of sulfonamides is 1. The van der Waals surface area contributed by atoms with Crippen LogP contribution in [0.3, 0.4) is 0 Å². The van der Waals surface area contributed by atoms with E-state index in [1.54, 1.807) is 0 Å². The van der Waals surface area contributed by atoms with Gasteiger partial charge in [0.2, 0.25) is 10.0 Å². The van der Waals surface area contributed by atoms with Gasteiger partial charge in [0.25, 0.3) is 0 Å². The van der Waals surface area contributed by atoms with Crippen molar-refractivity contribution in [2.45, 2.75) is 25.7 Å². The molecule has 1 N–H and O–H groups in total. The van der Waals surface area contributed by atoms with E-state index in [4.69, 9.17) is 5.26 Å². The molecule has 92 valence electrons. The van der Waals surface area contributed by atoms with Gasteiger partial charge in [0.15, 0.2) is 0 Å². The summed E-state index contributed by atoms with van der Waals surface area (Å²) in [5.74, 6) is 0. The minimum Gasteiger partial charge on any atom is -0.273 e. The lowest BCUT2D eigenvalue weighted by Crippen LogP contribution is -2.13. The van der Waals surface area contributed by atoms with Crippen molar-refractivity contribution in [3.8, 4) is 6.07 Å². The number of hydrogen-bond donors (Lipinski definition) is 1. The van der Waals surface area contributed by atoms with Crippen LogP contribution in [0.25, 0.3) is 0 Å². The van der Waals surface area contributed by atoms with Crippen LogP contribution in [0.5, 0.6) is 0 Å². The van der Waals surface area contributed by atoms with E-state index < -0.39 is 10.0 Å². The van der Waals surface area contributed by atoms with Crippen LogP contribution in [-0.4, -0.2) is 13.1 Å². The molecular formula is C10H11BrN2O2S2. The fraction of sp³-hybridized carbons (Fsp3) is 0.500. The molecule has 0 aromatic carbocycles. The SMILES string of the molecule is N#Cc1c(NS(=O)(=O)CBr)sc2c1CCCC2. The van der Waals surface area contributed by atoms with Crippen LogP contribution in [0.1, 0.15) is 28.8 Å². The first-order valence-corrected chi connectivity index (χ1v) is 8.77. The van der Waals surface area contributed by atoms with Gasteiger partial charge in [-0.1, -0.05) is 15.9 Å². The van der Waals surface area contributed by atoms with Crippen LogP contribution in [0.15, 0.2) is 0 Å². The Morgan fingerprint density at radius 1 is 1.41 bits per heavy atom. The monoisotopic (exact) mass is 334 g/mol. The summed E-state index contributed by atoms with van der Waals surface area (Å²) in [5.41, 5.74) is 1.55. The van der Waals surface area contributed by atoms with Crippen LogP contribution in [0.2, 0.25) is 0 Å². The summed E-state index contributed by atoms with van der Waals surface area (Å²) in [6, 6.07) is 2.12. The molecule has 1 heterocycles. The van der Waals surface area contributed by atoms with Gasteiger partial charge in [0, 0.05) is 4.88 Å². The van der Waals surface area contributed by atoms with Gasteiger partial charge in [-0.25, -0.2) is 8.42 Å². The molecule has 0 bridgehead atoms. The lowest BCUT2D eigenvalue weighted by Gasteiger charge is -2.09. The fourth-order valence-corrected chi connectivity index (χ4v) is 4.35. The number of alkyl halides is 1. The third-order valence-electron chi connectivity index (χ3n) is 2.67. The number of nitrogens with zero attached hydrogens (tertiary/aromatic N) is 1. The molecule has 1 aliphatic carbocycles. The molecular weight excluding hydrogens is 324 g/mol. The van der Waals surface area contributed by atoms with Crippen LogP contribution in [0, 0.1) is 11.3 Å². The second-order valence-electron chi connectivity index (χ2n) is 3.85. The second-order valence-corrected chi connectivity index (χ2v) is 7.98. The van der Waals surface area contributed by atoms with Crippen LogP contribution >= 0.6 is 27.3 Å². The van der Waals surface area contributed by atoms with Gasteiger partial charge in [-0.2, -0.15) is 5.26 Å². The van der Waals surface area contributed by atoms with E-state index >= 15 is 0 Å². The molecule has 0 unspecified atom stereocenters. The van der Waals surface area contributed by atoms with Crippen molar-refractivity contribution in [3.63, 3.8) is 0 Å². The maximum atomic E-state index is 11.5. The summed E-state index contributed by atoms with van der Waals surface area (Å²) in [4.78, 5) is 1.15. The van der Waals surface area contributed by atoms with E-state index in [1.807, 2.05) is 0 Å². The largest absolute Gasteiger partial charge is 0.273 e. The average Bonchev–Trinajstić information content (AvgIpc) is 2.65. The molecule has 0 radical (unpaired) electrons. The number of thiophene rings is 1. The van der Waals surface area contributed by atoms with Gasteiger partial charge < -0.3 is 0 Å². The van der Waals surface area contributed by atoms with Gasteiger partial charge >= 0.3 is 0 Å². The summed E-state index contributed by atoms with van der Waals surface area (Å²) in [6.07, 6.45) is 4.02. The number of halogens is 1. The highest BCUT2D eigenvalue weighted by atomic mass is 79.9. The highest BCUT2D eigenvalue weighted by Crippen LogP contribution is 2.38. The molecule has 4 nitrogen and oxygen atoms in total. The number of fused-ring (bicyclic) bond motifs is 1. The zero-order valence-corrected chi connectivity index (χ0v) is 12.2. The maximum Gasteiger partial charge on any atom is 0.243 e. The Bertz CT molecular complexity index is 572. The number of nitrogens with one attached hydrogen (secondary N) is 1. The molecule has 1 aliphatic rings. The summed E-state index contributed by atoms with van der Waals surface area (Å²) >= 11 is 4.31. The van der Waals surface area contributed by atoms with E-state index in [9.17, 15) is 8.42 Å². The van der Waals surface area contributed by atoms with Crippen molar-refractivity contribution < 1.29 is 8.42 Å². The smallest absolute Gasteiger partial charge is 0.243 e. The first-order valence-electron chi connectivity index (χ1n) is 5.18. The predicted octanol–water partition coefficient (Wildman–Crippen LogP) is 2.59. The molecule has 2 rings (SSSR count). The van der Waals surface area contributed by atoms with Gasteiger partial charge in [0.1, 0.15) is 15.7 Å². The van der Waals surface area contributed by atoms with E-state index in [1.165, 1.54) is 11.3 Å². The van der Waals surface area contributed by atoms with Crippen molar-refractivity contribution >= 4 is 42.3 Å². The van der Waals surface area contributed by atoms with E-state index in [0.29, 0.717) is 10.6 Å². The molecule has 0 atom stereocenters. The number of nitriles is 1. The fourth-order valence-electron chi connectivity index (χ4n) is 1.92. The summed E-state index contributed by atoms with van der Waals surface area (Å²) < 4.78 is 25.3. The standard InChI is InChI=1S/C10H11BrN2O2S2/c11-6-17(14,15)13-10-8(5-12)7-3-1-2-4-9(7)16-10/h13H,1-4,6H2. The van der Waals surface area contributed by atoms with Crippen LogP contribution in [-0.2, 0) is 22.9 Å². The molecule has 0 saturated heterocycles. The van der Waals surface area contributed by atoms with E-state index in [-0.39, 0.29) is 4.66 Å². The second kappa shape index (κ2) is 4.96. The van der Waals surface area contributed by atoms with Crippen LogP contribution in [0.4, 0.5) is 5.00 Å². The molecule has 1 aromatic heterocycles. The highest BCUT2D eigenvalue weighted by Gasteiger charge is 2.22. The van der Waals surface area contributed by atoms with Gasteiger partial charge in [-0.15, -0.1) is 11.3 Å². The van der Waals surface area contributed by atoms with Crippen molar-refractivity contribution in [1.29, 1.82) is 5.26 Å². The lowest BCUT2D eigenvalue weighted by atomic mass is 9.96. The minimum atomic E-state index is -3.38. The zero-order valence-electron chi connectivity index (χ0n) is 8.99. The Labute approximate surface area is 113 Å². The van der Waals surface area contributed by atoms with Gasteiger partial charge in [-0.05, 0) is 31.2 Å². The molecule has 0 fully saturated rings. The number of rotatable bonds is 3. The highest BCUT2D eigenvalue weighted by molar-refractivity contribution is 9.10.